The number of benzene rings is 2. The number of allylic oxidation sites excluding steroid dienone is 1. The molecule has 23 heavy (non-hydrogen) atoms. The SMILES string of the molecule is C=C1CCc2c[c-]ccc2N1.C=[C-]c1c[nH]c2ccccc12.[K+]. The molecule has 1 aliphatic heterocycles. The van der Waals surface area contributed by atoms with Crippen molar-refractivity contribution in [1.82, 2.24) is 4.98 Å². The average Bonchev–Trinajstić information content (AvgIpc) is 2.98. The minimum Gasteiger partial charge on any atom is -0.424 e. The van der Waals surface area contributed by atoms with Gasteiger partial charge in [0.25, 0.3) is 0 Å². The molecular weight excluding hydrogens is 307 g/mol. The van der Waals surface area contributed by atoms with Crippen molar-refractivity contribution >= 4 is 16.6 Å². The van der Waals surface area contributed by atoms with Crippen molar-refractivity contribution in [3.8, 4) is 0 Å². The quantitative estimate of drug-likeness (QED) is 0.519. The Hall–Kier alpha value is -1.10. The van der Waals surface area contributed by atoms with E-state index in [0.29, 0.717) is 0 Å². The van der Waals surface area contributed by atoms with Gasteiger partial charge in [-0.1, -0.05) is 36.9 Å². The first kappa shape index (κ1) is 18.2. The molecule has 1 aromatic heterocycles. The fraction of sp³-hybridized carbons (Fsp3) is 0.100. The molecule has 4 rings (SSSR count). The van der Waals surface area contributed by atoms with Gasteiger partial charge in [0.15, 0.2) is 0 Å². The summed E-state index contributed by atoms with van der Waals surface area (Å²) in [4.78, 5) is 3.14. The van der Waals surface area contributed by atoms with Crippen LogP contribution in [0.2, 0.25) is 0 Å². The fourth-order valence-electron chi connectivity index (χ4n) is 2.55. The van der Waals surface area contributed by atoms with Crippen LogP contribution in [0.25, 0.3) is 10.9 Å². The second-order valence-corrected chi connectivity index (χ2v) is 5.24. The third kappa shape index (κ3) is 4.46. The van der Waals surface area contributed by atoms with Crippen LogP contribution in [-0.2, 0) is 6.42 Å². The van der Waals surface area contributed by atoms with Crippen LogP contribution in [0.1, 0.15) is 17.5 Å². The summed E-state index contributed by atoms with van der Waals surface area (Å²) >= 11 is 0. The molecule has 2 heterocycles. The van der Waals surface area contributed by atoms with Crippen molar-refractivity contribution in [3.05, 3.63) is 90.8 Å². The van der Waals surface area contributed by atoms with Crippen LogP contribution in [0.3, 0.4) is 0 Å². The summed E-state index contributed by atoms with van der Waals surface area (Å²) in [6.07, 6.45) is 6.93. The Balaban J connectivity index is 0.000000160. The summed E-state index contributed by atoms with van der Waals surface area (Å²) in [6, 6.07) is 17.2. The van der Waals surface area contributed by atoms with Gasteiger partial charge in [0.05, 0.1) is 0 Å². The summed E-state index contributed by atoms with van der Waals surface area (Å²) in [5.41, 5.74) is 5.84. The van der Waals surface area contributed by atoms with Gasteiger partial charge in [-0.2, -0.15) is 36.4 Å². The molecule has 0 spiro atoms. The molecule has 1 aliphatic rings. The second kappa shape index (κ2) is 8.67. The Morgan fingerprint density at radius 3 is 2.78 bits per heavy atom. The number of fused-ring (bicyclic) bond motifs is 2. The third-order valence-electron chi connectivity index (χ3n) is 3.74. The molecule has 0 atom stereocenters. The number of rotatable bonds is 1. The predicted octanol–water partition coefficient (Wildman–Crippen LogP) is 1.87. The van der Waals surface area contributed by atoms with Crippen LogP contribution >= 0.6 is 0 Å². The fourth-order valence-corrected chi connectivity index (χ4v) is 2.55. The van der Waals surface area contributed by atoms with E-state index in [-0.39, 0.29) is 51.4 Å². The maximum atomic E-state index is 3.89. The maximum absolute atomic E-state index is 3.89. The van der Waals surface area contributed by atoms with Crippen LogP contribution in [0.4, 0.5) is 5.69 Å². The van der Waals surface area contributed by atoms with Gasteiger partial charge in [-0.05, 0) is 11.9 Å². The van der Waals surface area contributed by atoms with E-state index >= 15 is 0 Å². The first-order valence-electron chi connectivity index (χ1n) is 7.31. The van der Waals surface area contributed by atoms with E-state index in [2.05, 4.69) is 41.7 Å². The molecule has 3 heteroatoms. The van der Waals surface area contributed by atoms with E-state index in [1.807, 2.05) is 42.6 Å². The van der Waals surface area contributed by atoms with Crippen molar-refractivity contribution in [2.45, 2.75) is 12.8 Å². The van der Waals surface area contributed by atoms with E-state index in [9.17, 15) is 0 Å². The Labute approximate surface area is 180 Å². The van der Waals surface area contributed by atoms with Gasteiger partial charge in [-0.3, -0.25) is 0 Å². The molecule has 3 aromatic rings. The largest absolute Gasteiger partial charge is 1.00 e. The number of nitrogens with one attached hydrogen (secondary N) is 2. The topological polar surface area (TPSA) is 27.8 Å². The number of para-hydroxylation sites is 1. The number of aromatic nitrogens is 1. The summed E-state index contributed by atoms with van der Waals surface area (Å²) in [6.45, 7) is 7.50. The first-order chi connectivity index (χ1) is 10.8. The molecule has 0 saturated carbocycles. The van der Waals surface area contributed by atoms with E-state index in [4.69, 9.17) is 0 Å². The first-order valence-corrected chi connectivity index (χ1v) is 7.31. The Morgan fingerprint density at radius 2 is 1.96 bits per heavy atom. The molecule has 0 aliphatic carbocycles. The maximum Gasteiger partial charge on any atom is 1.00 e. The van der Waals surface area contributed by atoms with Crippen LogP contribution < -0.4 is 56.7 Å². The molecule has 0 saturated heterocycles. The monoisotopic (exact) mass is 325 g/mol. The van der Waals surface area contributed by atoms with Crippen molar-refractivity contribution in [1.29, 1.82) is 0 Å². The molecule has 0 fully saturated rings. The smallest absolute Gasteiger partial charge is 0.424 e. The molecule has 0 amide bonds. The number of hydrogen-bond acceptors (Lipinski definition) is 1. The average molecular weight is 325 g/mol. The van der Waals surface area contributed by atoms with E-state index in [0.717, 1.165) is 29.6 Å². The summed E-state index contributed by atoms with van der Waals surface area (Å²) in [5.74, 6) is 0. The van der Waals surface area contributed by atoms with Crippen molar-refractivity contribution in [2.75, 3.05) is 5.32 Å². The molecule has 0 unspecified atom stereocenters. The summed E-state index contributed by atoms with van der Waals surface area (Å²) in [5, 5.41) is 4.43. The second-order valence-electron chi connectivity index (χ2n) is 5.24. The minimum absolute atomic E-state index is 0. The van der Waals surface area contributed by atoms with Crippen LogP contribution in [0.15, 0.2) is 67.5 Å². The number of anilines is 1. The van der Waals surface area contributed by atoms with Crippen molar-refractivity contribution in [2.24, 2.45) is 0 Å². The van der Waals surface area contributed by atoms with Gasteiger partial charge in [0, 0.05) is 5.70 Å². The van der Waals surface area contributed by atoms with Gasteiger partial charge >= 0.3 is 51.4 Å². The number of aryl methyl sites for hydroxylation is 1. The molecule has 0 radical (unpaired) electrons. The summed E-state index contributed by atoms with van der Waals surface area (Å²) in [7, 11) is 0. The third-order valence-corrected chi connectivity index (χ3v) is 3.74. The Morgan fingerprint density at radius 1 is 1.13 bits per heavy atom. The normalized spacial score (nSPS) is 12.3. The zero-order valence-electron chi connectivity index (χ0n) is 13.4. The van der Waals surface area contributed by atoms with E-state index < -0.39 is 0 Å². The molecule has 2 aromatic carbocycles. The zero-order valence-corrected chi connectivity index (χ0v) is 16.6. The van der Waals surface area contributed by atoms with Gasteiger partial charge in [-0.25, -0.2) is 0 Å². The number of H-pyrrole nitrogens is 1. The molecular formula is C20H18KN2-. The van der Waals surface area contributed by atoms with Crippen LogP contribution in [-0.4, -0.2) is 4.98 Å². The van der Waals surface area contributed by atoms with Gasteiger partial charge in [0.2, 0.25) is 0 Å². The van der Waals surface area contributed by atoms with E-state index in [1.165, 1.54) is 16.6 Å². The van der Waals surface area contributed by atoms with E-state index in [1.54, 1.807) is 0 Å². The van der Waals surface area contributed by atoms with Gasteiger partial charge in [-0.15, -0.1) is 29.3 Å². The molecule has 2 nitrogen and oxygen atoms in total. The number of aromatic amines is 1. The van der Waals surface area contributed by atoms with Crippen LogP contribution in [0.5, 0.6) is 0 Å². The van der Waals surface area contributed by atoms with Gasteiger partial charge in [0.1, 0.15) is 0 Å². The Bertz CT molecular complexity index is 817. The van der Waals surface area contributed by atoms with Crippen LogP contribution in [0, 0.1) is 12.1 Å². The minimum atomic E-state index is 0. The Kier molecular flexibility index (Phi) is 6.87. The molecule has 2 N–H and O–H groups in total. The number of hydrogen-bond donors (Lipinski definition) is 2. The predicted molar refractivity (Wildman–Crippen MR) is 92.6 cm³/mol. The summed E-state index contributed by atoms with van der Waals surface area (Å²) < 4.78 is 0. The van der Waals surface area contributed by atoms with Gasteiger partial charge < -0.3 is 10.3 Å². The molecule has 110 valence electrons. The molecule has 0 bridgehead atoms. The zero-order chi connectivity index (χ0) is 15.4. The standard InChI is InChI=1S/C10H10N.C10H8N.K/c1-8-6-7-9-4-2-3-5-10(9)11-8;1-2-8-7-11-10-6-4-3-5-9(8)10;/h3-5,11H,1,6-7H2;3-7,11H,1H2;/q2*-1;+1. The van der Waals surface area contributed by atoms with Crippen molar-refractivity contribution < 1.29 is 51.4 Å². The van der Waals surface area contributed by atoms with Crippen molar-refractivity contribution in [3.63, 3.8) is 0 Å².